The van der Waals surface area contributed by atoms with Gasteiger partial charge in [-0.25, -0.2) is 4.98 Å². The molecule has 0 atom stereocenters. The van der Waals surface area contributed by atoms with Crippen LogP contribution in [0.5, 0.6) is 0 Å². The van der Waals surface area contributed by atoms with Gasteiger partial charge in [0, 0.05) is 7.05 Å². The zero-order chi connectivity index (χ0) is 6.15. The molecule has 0 aliphatic rings. The zero-order valence-corrected chi connectivity index (χ0v) is 6.01. The summed E-state index contributed by atoms with van der Waals surface area (Å²) in [6.07, 6.45) is 1.66. The maximum absolute atomic E-state index is 5.36. The minimum absolute atomic E-state index is 0.525. The van der Waals surface area contributed by atoms with E-state index in [0.29, 0.717) is 5.95 Å². The van der Waals surface area contributed by atoms with E-state index in [1.165, 1.54) is 0 Å². The number of hydrogen-bond acceptors (Lipinski definition) is 2. The lowest BCUT2D eigenvalue weighted by atomic mass is 10.9. The molecule has 0 aliphatic heterocycles. The van der Waals surface area contributed by atoms with Gasteiger partial charge in [-0.1, -0.05) is 0 Å². The van der Waals surface area contributed by atoms with Crippen molar-refractivity contribution in [3.05, 3.63) is 10.8 Å². The molecule has 0 spiro atoms. The number of nitrogens with zero attached hydrogens (tertiary/aromatic N) is 2. The normalized spacial score (nSPS) is 9.75. The highest BCUT2D eigenvalue weighted by molar-refractivity contribution is 9.10. The van der Waals surface area contributed by atoms with Crippen LogP contribution in [0.15, 0.2) is 10.8 Å². The Labute approximate surface area is 55.6 Å². The second-order valence-electron chi connectivity index (χ2n) is 1.50. The summed E-state index contributed by atoms with van der Waals surface area (Å²) in [5.74, 6) is 0.525. The quantitative estimate of drug-likeness (QED) is 0.634. The number of hydrogen-bond donors (Lipinski definition) is 1. The highest BCUT2D eigenvalue weighted by Gasteiger charge is 1.95. The van der Waals surface area contributed by atoms with Gasteiger partial charge in [0.2, 0.25) is 5.95 Å². The van der Waals surface area contributed by atoms with Gasteiger partial charge in [0.05, 0.1) is 6.20 Å². The summed E-state index contributed by atoms with van der Waals surface area (Å²) in [6.45, 7) is 0. The molecular weight excluding hydrogens is 170 g/mol. The maximum Gasteiger partial charge on any atom is 0.200 e. The molecule has 1 heterocycles. The molecule has 2 N–H and O–H groups in total. The van der Waals surface area contributed by atoms with Crippen LogP contribution in [-0.4, -0.2) is 9.55 Å². The first-order chi connectivity index (χ1) is 3.72. The van der Waals surface area contributed by atoms with E-state index in [1.807, 2.05) is 7.05 Å². The minimum atomic E-state index is 0.525. The van der Waals surface area contributed by atoms with Crippen molar-refractivity contribution in [2.24, 2.45) is 7.05 Å². The molecule has 0 bridgehead atoms. The van der Waals surface area contributed by atoms with Gasteiger partial charge in [-0.3, -0.25) is 0 Å². The van der Waals surface area contributed by atoms with Gasteiger partial charge in [0.1, 0.15) is 4.60 Å². The summed E-state index contributed by atoms with van der Waals surface area (Å²) < 4.78 is 2.65. The first-order valence-electron chi connectivity index (χ1n) is 2.14. The summed E-state index contributed by atoms with van der Waals surface area (Å²) in [5.41, 5.74) is 5.36. The van der Waals surface area contributed by atoms with Crippen LogP contribution in [0.2, 0.25) is 0 Å². The molecule has 1 aromatic heterocycles. The van der Waals surface area contributed by atoms with Crippen molar-refractivity contribution in [1.29, 1.82) is 0 Å². The van der Waals surface area contributed by atoms with E-state index in [1.54, 1.807) is 10.8 Å². The topological polar surface area (TPSA) is 43.8 Å². The molecular formula is C4H6BrN3. The summed E-state index contributed by atoms with van der Waals surface area (Å²) in [4.78, 5) is 3.81. The van der Waals surface area contributed by atoms with Gasteiger partial charge in [-0.2, -0.15) is 0 Å². The van der Waals surface area contributed by atoms with Gasteiger partial charge in [0.15, 0.2) is 0 Å². The standard InChI is InChI=1S/C4H6BrN3/c1-8-3(5)2-7-4(8)6/h2H,1H3,(H2,6,7). The number of nitrogens with two attached hydrogens (primary N) is 1. The third kappa shape index (κ3) is 0.709. The van der Waals surface area contributed by atoms with Gasteiger partial charge in [-0.15, -0.1) is 0 Å². The first kappa shape index (κ1) is 5.62. The molecule has 0 radical (unpaired) electrons. The van der Waals surface area contributed by atoms with Crippen LogP contribution in [0, 0.1) is 0 Å². The van der Waals surface area contributed by atoms with E-state index in [4.69, 9.17) is 5.73 Å². The Morgan fingerprint density at radius 2 is 2.50 bits per heavy atom. The Morgan fingerprint density at radius 3 is 2.62 bits per heavy atom. The molecule has 0 amide bonds. The monoisotopic (exact) mass is 175 g/mol. The van der Waals surface area contributed by atoms with E-state index in [-0.39, 0.29) is 0 Å². The number of anilines is 1. The van der Waals surface area contributed by atoms with E-state index < -0.39 is 0 Å². The largest absolute Gasteiger partial charge is 0.369 e. The predicted octanol–water partition coefficient (Wildman–Crippen LogP) is 0.765. The van der Waals surface area contributed by atoms with Crippen molar-refractivity contribution < 1.29 is 0 Å². The third-order valence-electron chi connectivity index (χ3n) is 0.967. The number of rotatable bonds is 0. The lowest BCUT2D eigenvalue weighted by molar-refractivity contribution is 0.907. The van der Waals surface area contributed by atoms with Gasteiger partial charge >= 0.3 is 0 Å². The van der Waals surface area contributed by atoms with E-state index in [9.17, 15) is 0 Å². The Balaban J connectivity index is 3.19. The average molecular weight is 176 g/mol. The molecule has 44 valence electrons. The van der Waals surface area contributed by atoms with E-state index >= 15 is 0 Å². The van der Waals surface area contributed by atoms with Crippen LogP contribution in [0.4, 0.5) is 5.95 Å². The number of imidazole rings is 1. The molecule has 0 aromatic carbocycles. The highest BCUT2D eigenvalue weighted by Crippen LogP contribution is 2.09. The first-order valence-corrected chi connectivity index (χ1v) is 2.94. The number of halogens is 1. The Bertz CT molecular complexity index is 174. The molecule has 0 saturated carbocycles. The smallest absolute Gasteiger partial charge is 0.200 e. The maximum atomic E-state index is 5.36. The Kier molecular flexibility index (Phi) is 1.25. The lowest BCUT2D eigenvalue weighted by Crippen LogP contribution is -1.96. The van der Waals surface area contributed by atoms with Crippen molar-refractivity contribution in [1.82, 2.24) is 9.55 Å². The molecule has 1 rings (SSSR count). The van der Waals surface area contributed by atoms with Gasteiger partial charge < -0.3 is 10.3 Å². The van der Waals surface area contributed by atoms with Crippen LogP contribution < -0.4 is 5.73 Å². The van der Waals surface area contributed by atoms with Crippen molar-refractivity contribution in [3.8, 4) is 0 Å². The molecule has 0 saturated heterocycles. The molecule has 0 unspecified atom stereocenters. The van der Waals surface area contributed by atoms with Crippen LogP contribution in [0.3, 0.4) is 0 Å². The van der Waals surface area contributed by atoms with Gasteiger partial charge in [-0.05, 0) is 15.9 Å². The average Bonchev–Trinajstić information content (AvgIpc) is 1.98. The molecule has 1 aromatic rings. The second-order valence-corrected chi connectivity index (χ2v) is 2.31. The minimum Gasteiger partial charge on any atom is -0.369 e. The summed E-state index contributed by atoms with van der Waals surface area (Å²) >= 11 is 3.24. The predicted molar refractivity (Wildman–Crippen MR) is 35.3 cm³/mol. The zero-order valence-electron chi connectivity index (χ0n) is 4.43. The molecule has 0 aliphatic carbocycles. The third-order valence-corrected chi connectivity index (χ3v) is 1.70. The Hall–Kier alpha value is -0.510. The van der Waals surface area contributed by atoms with Crippen molar-refractivity contribution >= 4 is 21.9 Å². The highest BCUT2D eigenvalue weighted by atomic mass is 79.9. The number of nitrogen functional groups attached to an aromatic ring is 1. The molecule has 0 fully saturated rings. The SMILES string of the molecule is Cn1c(Br)cnc1N. The molecule has 8 heavy (non-hydrogen) atoms. The van der Waals surface area contributed by atoms with E-state index in [2.05, 4.69) is 20.9 Å². The van der Waals surface area contributed by atoms with Crippen LogP contribution in [0.1, 0.15) is 0 Å². The van der Waals surface area contributed by atoms with Crippen molar-refractivity contribution in [3.63, 3.8) is 0 Å². The molecule has 4 heteroatoms. The van der Waals surface area contributed by atoms with Gasteiger partial charge in [0.25, 0.3) is 0 Å². The molecule has 3 nitrogen and oxygen atoms in total. The summed E-state index contributed by atoms with van der Waals surface area (Å²) in [6, 6.07) is 0. The van der Waals surface area contributed by atoms with Crippen molar-refractivity contribution in [2.45, 2.75) is 0 Å². The van der Waals surface area contributed by atoms with Crippen LogP contribution >= 0.6 is 15.9 Å². The number of aromatic nitrogens is 2. The fourth-order valence-corrected chi connectivity index (χ4v) is 0.686. The van der Waals surface area contributed by atoms with Crippen LogP contribution in [-0.2, 0) is 7.05 Å². The Morgan fingerprint density at radius 1 is 1.88 bits per heavy atom. The second kappa shape index (κ2) is 1.78. The van der Waals surface area contributed by atoms with Crippen LogP contribution in [0.25, 0.3) is 0 Å². The summed E-state index contributed by atoms with van der Waals surface area (Å²) in [5, 5.41) is 0. The lowest BCUT2D eigenvalue weighted by Gasteiger charge is -1.91. The van der Waals surface area contributed by atoms with E-state index in [0.717, 1.165) is 4.60 Å². The summed E-state index contributed by atoms with van der Waals surface area (Å²) in [7, 11) is 1.84. The fraction of sp³-hybridized carbons (Fsp3) is 0.250. The van der Waals surface area contributed by atoms with Crippen molar-refractivity contribution in [2.75, 3.05) is 5.73 Å². The fourth-order valence-electron chi connectivity index (χ4n) is 0.402.